The van der Waals surface area contributed by atoms with E-state index >= 15 is 0 Å². The van der Waals surface area contributed by atoms with Crippen LogP contribution in [0.5, 0.6) is 5.75 Å². The minimum Gasteiger partial charge on any atom is -0.497 e. The van der Waals surface area contributed by atoms with Crippen molar-refractivity contribution in [2.75, 3.05) is 20.3 Å². The number of ether oxygens (including phenoxy) is 2. The molecule has 0 aromatic heterocycles. The van der Waals surface area contributed by atoms with Crippen molar-refractivity contribution in [2.45, 2.75) is 78.4 Å². The molecular formula is C23H39NO2. The van der Waals surface area contributed by atoms with Crippen LogP contribution in [0, 0.1) is 11.3 Å². The lowest BCUT2D eigenvalue weighted by Gasteiger charge is -2.47. The summed E-state index contributed by atoms with van der Waals surface area (Å²) < 4.78 is 11.4. The fraction of sp³-hybridized carbons (Fsp3) is 0.739. The van der Waals surface area contributed by atoms with Crippen LogP contribution in [0.3, 0.4) is 0 Å². The number of benzene rings is 1. The largest absolute Gasteiger partial charge is 0.497 e. The summed E-state index contributed by atoms with van der Waals surface area (Å²) in [6.45, 7) is 12.2. The van der Waals surface area contributed by atoms with Gasteiger partial charge in [-0.3, -0.25) is 0 Å². The number of rotatable bonds is 10. The van der Waals surface area contributed by atoms with Crippen molar-refractivity contribution in [3.05, 3.63) is 29.8 Å². The van der Waals surface area contributed by atoms with Crippen molar-refractivity contribution < 1.29 is 9.47 Å². The van der Waals surface area contributed by atoms with Gasteiger partial charge in [-0.15, -0.1) is 0 Å². The quantitative estimate of drug-likeness (QED) is 0.552. The summed E-state index contributed by atoms with van der Waals surface area (Å²) in [6.07, 6.45) is 7.41. The Kier molecular flexibility index (Phi) is 7.97. The van der Waals surface area contributed by atoms with Gasteiger partial charge in [0.25, 0.3) is 0 Å². The van der Waals surface area contributed by atoms with Gasteiger partial charge in [-0.2, -0.15) is 0 Å². The molecule has 148 valence electrons. The van der Waals surface area contributed by atoms with Gasteiger partial charge in [0.05, 0.1) is 12.7 Å². The highest BCUT2D eigenvalue weighted by Crippen LogP contribution is 2.46. The van der Waals surface area contributed by atoms with Crippen molar-refractivity contribution in [2.24, 2.45) is 11.3 Å². The molecule has 0 amide bonds. The normalized spacial score (nSPS) is 26.2. The number of hydrogen-bond donors (Lipinski definition) is 1. The number of methoxy groups -OCH3 is 1. The van der Waals surface area contributed by atoms with E-state index in [0.29, 0.717) is 5.41 Å². The van der Waals surface area contributed by atoms with Gasteiger partial charge in [0.2, 0.25) is 0 Å². The minimum absolute atomic E-state index is 0.0607. The van der Waals surface area contributed by atoms with E-state index in [4.69, 9.17) is 9.47 Å². The van der Waals surface area contributed by atoms with Crippen LogP contribution in [-0.2, 0) is 11.3 Å². The number of nitrogens with one attached hydrogen (secondary N) is 1. The van der Waals surface area contributed by atoms with Crippen molar-refractivity contribution in [3.8, 4) is 5.75 Å². The molecule has 0 unspecified atom stereocenters. The number of hydrogen-bond acceptors (Lipinski definition) is 3. The van der Waals surface area contributed by atoms with Crippen LogP contribution in [0.4, 0.5) is 0 Å². The summed E-state index contributed by atoms with van der Waals surface area (Å²) in [6, 6.07) is 8.35. The molecule has 3 nitrogen and oxygen atoms in total. The van der Waals surface area contributed by atoms with Crippen LogP contribution < -0.4 is 10.1 Å². The summed E-state index contributed by atoms with van der Waals surface area (Å²) >= 11 is 0. The fourth-order valence-electron chi connectivity index (χ4n) is 4.15. The van der Waals surface area contributed by atoms with E-state index in [2.05, 4.69) is 45.1 Å². The SMILES string of the molecule is CC[C@]1(C)C[C@](CCNCc2ccc(OC)cc2)(CCC(C)C)CCO1. The monoisotopic (exact) mass is 361 g/mol. The summed E-state index contributed by atoms with van der Waals surface area (Å²) in [5.41, 5.74) is 1.80. The average molecular weight is 362 g/mol. The Balaban J connectivity index is 1.89. The van der Waals surface area contributed by atoms with Crippen LogP contribution in [0.1, 0.15) is 71.8 Å². The van der Waals surface area contributed by atoms with E-state index in [9.17, 15) is 0 Å². The molecule has 1 saturated heterocycles. The molecule has 0 spiro atoms. The van der Waals surface area contributed by atoms with Gasteiger partial charge in [-0.05, 0) is 74.6 Å². The van der Waals surface area contributed by atoms with E-state index in [1.165, 1.54) is 37.7 Å². The Hall–Kier alpha value is -1.06. The van der Waals surface area contributed by atoms with E-state index in [1.807, 2.05) is 12.1 Å². The molecule has 26 heavy (non-hydrogen) atoms. The van der Waals surface area contributed by atoms with Crippen LogP contribution >= 0.6 is 0 Å². The minimum atomic E-state index is 0.0607. The lowest BCUT2D eigenvalue weighted by molar-refractivity contribution is -0.122. The van der Waals surface area contributed by atoms with Gasteiger partial charge in [0.15, 0.2) is 0 Å². The molecule has 1 aromatic rings. The van der Waals surface area contributed by atoms with Crippen molar-refractivity contribution in [1.29, 1.82) is 0 Å². The average Bonchev–Trinajstić information content (AvgIpc) is 2.64. The molecule has 2 atom stereocenters. The molecule has 0 radical (unpaired) electrons. The molecule has 1 fully saturated rings. The molecule has 1 aliphatic heterocycles. The highest BCUT2D eigenvalue weighted by atomic mass is 16.5. The van der Waals surface area contributed by atoms with Crippen LogP contribution in [-0.4, -0.2) is 25.9 Å². The topological polar surface area (TPSA) is 30.5 Å². The zero-order valence-corrected chi connectivity index (χ0v) is 17.6. The first-order chi connectivity index (χ1) is 12.4. The van der Waals surface area contributed by atoms with E-state index in [0.717, 1.165) is 37.8 Å². The smallest absolute Gasteiger partial charge is 0.118 e. The maximum Gasteiger partial charge on any atom is 0.118 e. The molecule has 1 heterocycles. The van der Waals surface area contributed by atoms with Crippen LogP contribution in [0.15, 0.2) is 24.3 Å². The Labute approximate surface area is 160 Å². The zero-order valence-electron chi connectivity index (χ0n) is 17.6. The second kappa shape index (κ2) is 9.75. The van der Waals surface area contributed by atoms with Crippen molar-refractivity contribution in [1.82, 2.24) is 5.32 Å². The summed E-state index contributed by atoms with van der Waals surface area (Å²) in [5.74, 6) is 1.69. The molecule has 3 heteroatoms. The third-order valence-electron chi connectivity index (χ3n) is 6.15. The van der Waals surface area contributed by atoms with Crippen molar-refractivity contribution >= 4 is 0 Å². The third-order valence-corrected chi connectivity index (χ3v) is 6.15. The molecule has 1 aliphatic rings. The van der Waals surface area contributed by atoms with E-state index in [-0.39, 0.29) is 5.60 Å². The lowest BCUT2D eigenvalue weighted by Crippen LogP contribution is -2.44. The molecule has 1 aromatic carbocycles. The highest BCUT2D eigenvalue weighted by Gasteiger charge is 2.41. The third kappa shape index (κ3) is 6.28. The Morgan fingerprint density at radius 1 is 1.19 bits per heavy atom. The summed E-state index contributed by atoms with van der Waals surface area (Å²) in [4.78, 5) is 0. The van der Waals surface area contributed by atoms with Gasteiger partial charge in [-0.25, -0.2) is 0 Å². The molecule has 2 rings (SSSR count). The van der Waals surface area contributed by atoms with E-state index < -0.39 is 0 Å². The zero-order chi connectivity index (χ0) is 19.0. The fourth-order valence-corrected chi connectivity index (χ4v) is 4.15. The van der Waals surface area contributed by atoms with Crippen LogP contribution in [0.25, 0.3) is 0 Å². The highest BCUT2D eigenvalue weighted by molar-refractivity contribution is 5.26. The molecule has 0 saturated carbocycles. The maximum absolute atomic E-state index is 6.14. The first-order valence-corrected chi connectivity index (χ1v) is 10.4. The van der Waals surface area contributed by atoms with Gasteiger partial charge in [-0.1, -0.05) is 39.3 Å². The first-order valence-electron chi connectivity index (χ1n) is 10.4. The predicted molar refractivity (Wildman–Crippen MR) is 110 cm³/mol. The molecule has 0 bridgehead atoms. The predicted octanol–water partition coefficient (Wildman–Crippen LogP) is 5.58. The Morgan fingerprint density at radius 3 is 2.54 bits per heavy atom. The lowest BCUT2D eigenvalue weighted by atomic mass is 9.67. The van der Waals surface area contributed by atoms with Crippen molar-refractivity contribution in [3.63, 3.8) is 0 Å². The molecule has 1 N–H and O–H groups in total. The van der Waals surface area contributed by atoms with Gasteiger partial charge in [0, 0.05) is 13.2 Å². The first kappa shape index (κ1) is 21.2. The molecular weight excluding hydrogens is 322 g/mol. The standard InChI is InChI=1S/C23H39NO2/c1-6-22(4)18-23(14-16-26-22,12-11-19(2)3)13-15-24-17-20-7-9-21(25-5)10-8-20/h7-10,19,24H,6,11-18H2,1-5H3/t22-,23+/m1/s1. The van der Waals surface area contributed by atoms with Gasteiger partial charge < -0.3 is 14.8 Å². The van der Waals surface area contributed by atoms with Gasteiger partial charge >= 0.3 is 0 Å². The summed E-state index contributed by atoms with van der Waals surface area (Å²) in [7, 11) is 1.71. The van der Waals surface area contributed by atoms with E-state index in [1.54, 1.807) is 7.11 Å². The van der Waals surface area contributed by atoms with Crippen LogP contribution in [0.2, 0.25) is 0 Å². The van der Waals surface area contributed by atoms with Gasteiger partial charge in [0.1, 0.15) is 5.75 Å². The summed E-state index contributed by atoms with van der Waals surface area (Å²) in [5, 5.41) is 3.66. The second-order valence-electron chi connectivity index (χ2n) is 8.79. The maximum atomic E-state index is 6.14. The molecule has 0 aliphatic carbocycles. The Morgan fingerprint density at radius 2 is 1.92 bits per heavy atom. The second-order valence-corrected chi connectivity index (χ2v) is 8.79. The Bertz CT molecular complexity index is 528.